The van der Waals surface area contributed by atoms with Gasteiger partial charge in [-0.1, -0.05) is 6.07 Å². The first-order chi connectivity index (χ1) is 19.5. The average Bonchev–Trinajstić information content (AvgIpc) is 3.27. The fraction of sp³-hybridized carbons (Fsp3) is 0.536. The molecule has 1 atom stereocenters. The maximum atomic E-state index is 14.5. The summed E-state index contributed by atoms with van der Waals surface area (Å²) < 4.78 is 36.5. The Morgan fingerprint density at radius 3 is 2.44 bits per heavy atom. The van der Waals surface area contributed by atoms with Gasteiger partial charge in [0.15, 0.2) is 5.65 Å². The van der Waals surface area contributed by atoms with E-state index in [-0.39, 0.29) is 41.6 Å². The highest BCUT2D eigenvalue weighted by Gasteiger charge is 2.31. The van der Waals surface area contributed by atoms with E-state index in [2.05, 4.69) is 20.6 Å². The number of primary amides is 1. The van der Waals surface area contributed by atoms with E-state index in [1.807, 2.05) is 25.3 Å². The van der Waals surface area contributed by atoms with Crippen LogP contribution in [0.15, 0.2) is 24.4 Å². The second-order valence-corrected chi connectivity index (χ2v) is 11.7. The number of hydrogen-bond acceptors (Lipinski definition) is 8. The topological polar surface area (TPSA) is 140 Å². The molecular formula is C28H36F2N8O3. The van der Waals surface area contributed by atoms with Crippen molar-refractivity contribution in [2.45, 2.75) is 77.0 Å². The average molecular weight is 571 g/mol. The monoisotopic (exact) mass is 570 g/mol. The maximum absolute atomic E-state index is 14.5. The molecule has 0 spiro atoms. The van der Waals surface area contributed by atoms with Gasteiger partial charge in [-0.3, -0.25) is 9.36 Å². The Balaban J connectivity index is 1.43. The van der Waals surface area contributed by atoms with E-state index in [9.17, 15) is 18.4 Å². The molecule has 1 saturated heterocycles. The molecule has 0 bridgehead atoms. The third kappa shape index (κ3) is 6.49. The number of hydrogen-bond donors (Lipinski definition) is 3. The van der Waals surface area contributed by atoms with Gasteiger partial charge in [-0.2, -0.15) is 4.98 Å². The molecule has 1 aliphatic carbocycles. The van der Waals surface area contributed by atoms with Gasteiger partial charge >= 0.3 is 6.09 Å². The number of benzene rings is 1. The second-order valence-electron chi connectivity index (χ2n) is 11.7. The highest BCUT2D eigenvalue weighted by molar-refractivity contribution is 5.78. The van der Waals surface area contributed by atoms with Crippen LogP contribution in [0.3, 0.4) is 0 Å². The zero-order chi connectivity index (χ0) is 29.3. The number of fused-ring (bicyclic) bond motifs is 1. The number of para-hydroxylation sites is 1. The van der Waals surface area contributed by atoms with Crippen molar-refractivity contribution < 1.29 is 23.1 Å². The molecule has 11 nitrogen and oxygen atoms in total. The third-order valence-electron chi connectivity index (χ3n) is 7.50. The van der Waals surface area contributed by atoms with Crippen LogP contribution in [-0.4, -0.2) is 61.2 Å². The summed E-state index contributed by atoms with van der Waals surface area (Å²) in [6.45, 7) is 6.55. The molecule has 220 valence electrons. The van der Waals surface area contributed by atoms with E-state index in [1.165, 1.54) is 18.2 Å². The molecule has 3 heterocycles. The summed E-state index contributed by atoms with van der Waals surface area (Å²) in [6, 6.07) is 3.41. The third-order valence-corrected chi connectivity index (χ3v) is 7.50. The lowest BCUT2D eigenvalue weighted by atomic mass is 9.85. The Bertz CT molecular complexity index is 1410. The first kappa shape index (κ1) is 28.5. The number of nitrogens with one attached hydrogen (secondary N) is 2. The largest absolute Gasteiger partial charge is 0.444 e. The van der Waals surface area contributed by atoms with Gasteiger partial charge in [0.2, 0.25) is 17.8 Å². The van der Waals surface area contributed by atoms with E-state index >= 15 is 0 Å². The van der Waals surface area contributed by atoms with Gasteiger partial charge in [-0.25, -0.2) is 23.5 Å². The Labute approximate surface area is 236 Å². The van der Waals surface area contributed by atoms with Gasteiger partial charge in [0.25, 0.3) is 0 Å². The summed E-state index contributed by atoms with van der Waals surface area (Å²) in [5.41, 5.74) is 5.58. The van der Waals surface area contributed by atoms with Crippen molar-refractivity contribution in [1.82, 2.24) is 24.4 Å². The number of ether oxygens (including phenoxy) is 1. The minimum Gasteiger partial charge on any atom is -0.444 e. The van der Waals surface area contributed by atoms with E-state index in [4.69, 9.17) is 15.5 Å². The molecule has 2 aliphatic rings. The number of nitrogens with two attached hydrogens (primary N) is 1. The summed E-state index contributed by atoms with van der Waals surface area (Å²) in [5, 5.41) is 6.17. The summed E-state index contributed by atoms with van der Waals surface area (Å²) in [6.07, 6.45) is 5.23. The first-order valence-corrected chi connectivity index (χ1v) is 14.0. The number of piperidine rings is 1. The van der Waals surface area contributed by atoms with Crippen LogP contribution in [0.1, 0.15) is 65.3 Å². The van der Waals surface area contributed by atoms with Crippen molar-refractivity contribution in [3.8, 4) is 0 Å². The highest BCUT2D eigenvalue weighted by atomic mass is 19.1. The van der Waals surface area contributed by atoms with E-state index in [0.29, 0.717) is 55.9 Å². The predicted molar refractivity (Wildman–Crippen MR) is 150 cm³/mol. The Kier molecular flexibility index (Phi) is 7.96. The van der Waals surface area contributed by atoms with E-state index < -0.39 is 17.2 Å². The number of nitrogens with zero attached hydrogens (tertiary/aromatic N) is 5. The lowest BCUT2D eigenvalue weighted by molar-refractivity contribution is -0.122. The standard InChI is InChI=1S/C28H36F2N8O3/c1-28(2,3)41-27(40)37-13-5-6-17(15-37)33-25-32-14-21-24(36-25)38(18-11-9-16(10-12-18)23(31)39)26(34-21)35-22-19(29)7-4-8-20(22)30/h4,7-8,14,16-18H,5-6,9-13,15H2,1-3H3,(H2,31,39)(H,34,35)(H,32,33,36). The number of imidazole rings is 1. The molecule has 41 heavy (non-hydrogen) atoms. The molecule has 2 aromatic heterocycles. The molecule has 13 heteroatoms. The van der Waals surface area contributed by atoms with Crippen molar-refractivity contribution in [2.75, 3.05) is 23.7 Å². The number of halogens is 2. The number of likely N-dealkylation sites (tertiary alicyclic amines) is 1. The Morgan fingerprint density at radius 2 is 1.78 bits per heavy atom. The zero-order valence-corrected chi connectivity index (χ0v) is 23.5. The molecule has 2 fully saturated rings. The number of anilines is 3. The summed E-state index contributed by atoms with van der Waals surface area (Å²) in [7, 11) is 0. The second kappa shape index (κ2) is 11.5. The molecule has 1 saturated carbocycles. The molecule has 4 N–H and O–H groups in total. The molecule has 0 radical (unpaired) electrons. The summed E-state index contributed by atoms with van der Waals surface area (Å²) in [5.74, 6) is -1.46. The molecule has 1 aliphatic heterocycles. The SMILES string of the molecule is CC(C)(C)OC(=O)N1CCCC(Nc2ncc3nc(Nc4c(F)cccc4F)n(C4CCC(C(N)=O)CC4)c3n2)C1. The predicted octanol–water partition coefficient (Wildman–Crippen LogP) is 4.88. The van der Waals surface area contributed by atoms with Crippen LogP contribution in [0, 0.1) is 17.6 Å². The molecule has 1 unspecified atom stereocenters. The van der Waals surface area contributed by atoms with Crippen LogP contribution in [0.5, 0.6) is 0 Å². The number of rotatable bonds is 6. The van der Waals surface area contributed by atoms with Crippen LogP contribution in [0.25, 0.3) is 11.2 Å². The Morgan fingerprint density at radius 1 is 1.07 bits per heavy atom. The minimum atomic E-state index is -0.749. The number of aromatic nitrogens is 4. The fourth-order valence-electron chi connectivity index (χ4n) is 5.51. The molecule has 2 amide bonds. The molecule has 5 rings (SSSR count). The molecule has 3 aromatic rings. The molecular weight excluding hydrogens is 534 g/mol. The summed E-state index contributed by atoms with van der Waals surface area (Å²) in [4.78, 5) is 39.8. The van der Waals surface area contributed by atoms with Crippen molar-refractivity contribution in [3.63, 3.8) is 0 Å². The highest BCUT2D eigenvalue weighted by Crippen LogP contribution is 2.37. The van der Waals surface area contributed by atoms with Gasteiger partial charge in [-0.05, 0) is 71.4 Å². The van der Waals surface area contributed by atoms with Crippen molar-refractivity contribution in [1.29, 1.82) is 0 Å². The van der Waals surface area contributed by atoms with E-state index in [1.54, 1.807) is 11.1 Å². The van der Waals surface area contributed by atoms with Gasteiger partial charge in [0, 0.05) is 31.1 Å². The van der Waals surface area contributed by atoms with Crippen LogP contribution >= 0.6 is 0 Å². The first-order valence-electron chi connectivity index (χ1n) is 14.0. The fourth-order valence-corrected chi connectivity index (χ4v) is 5.51. The number of amides is 2. The van der Waals surface area contributed by atoms with Crippen LogP contribution < -0.4 is 16.4 Å². The van der Waals surface area contributed by atoms with Gasteiger partial charge < -0.3 is 26.0 Å². The maximum Gasteiger partial charge on any atom is 0.410 e. The van der Waals surface area contributed by atoms with Gasteiger partial charge in [0.05, 0.1) is 6.20 Å². The Hall–Kier alpha value is -4.03. The minimum absolute atomic E-state index is 0.0961. The van der Waals surface area contributed by atoms with Gasteiger partial charge in [-0.15, -0.1) is 0 Å². The van der Waals surface area contributed by atoms with Crippen LogP contribution in [0.2, 0.25) is 0 Å². The van der Waals surface area contributed by atoms with Crippen LogP contribution in [0.4, 0.5) is 31.2 Å². The smallest absolute Gasteiger partial charge is 0.410 e. The van der Waals surface area contributed by atoms with Crippen LogP contribution in [-0.2, 0) is 9.53 Å². The number of carbonyl (C=O) groups excluding carboxylic acids is 2. The van der Waals surface area contributed by atoms with Crippen molar-refractivity contribution >= 4 is 40.7 Å². The number of carbonyl (C=O) groups is 2. The van der Waals surface area contributed by atoms with E-state index in [0.717, 1.165) is 12.8 Å². The lowest BCUT2D eigenvalue weighted by Gasteiger charge is -2.34. The van der Waals surface area contributed by atoms with Crippen molar-refractivity contribution in [2.24, 2.45) is 11.7 Å². The lowest BCUT2D eigenvalue weighted by Crippen LogP contribution is -2.47. The van der Waals surface area contributed by atoms with Gasteiger partial charge in [0.1, 0.15) is 28.4 Å². The molecule has 1 aromatic carbocycles. The zero-order valence-electron chi connectivity index (χ0n) is 23.5. The normalized spacial score (nSPS) is 21.5. The summed E-state index contributed by atoms with van der Waals surface area (Å²) >= 11 is 0. The van der Waals surface area contributed by atoms with Crippen molar-refractivity contribution in [3.05, 3.63) is 36.0 Å². The quantitative estimate of drug-likeness (QED) is 0.381.